The lowest BCUT2D eigenvalue weighted by atomic mass is 10.0. The third kappa shape index (κ3) is 4.27. The molecule has 0 bridgehead atoms. The van der Waals surface area contributed by atoms with Crippen molar-refractivity contribution >= 4 is 32.8 Å². The van der Waals surface area contributed by atoms with Gasteiger partial charge < -0.3 is 5.32 Å². The van der Waals surface area contributed by atoms with E-state index in [1.54, 1.807) is 41.3 Å². The van der Waals surface area contributed by atoms with Gasteiger partial charge in [0.05, 0.1) is 17.5 Å². The molecule has 1 aliphatic rings. The molecule has 0 unspecified atom stereocenters. The number of pyridine rings is 2. The fraction of sp³-hybridized carbons (Fsp3) is 0.143. The van der Waals surface area contributed by atoms with Crippen LogP contribution < -0.4 is 5.32 Å². The lowest BCUT2D eigenvalue weighted by molar-refractivity contribution is -0.0883. The van der Waals surface area contributed by atoms with Gasteiger partial charge in [0.15, 0.2) is 5.65 Å². The molecule has 3 heterocycles. The predicted molar refractivity (Wildman–Crippen MR) is 110 cm³/mol. The van der Waals surface area contributed by atoms with Gasteiger partial charge in [-0.3, -0.25) is 9.38 Å². The standard InChI is InChI=1S/C21H16BrF3N4/c22-19-12-28-20-18(27-11-14-5-7-26-8-6-14)10-16(13-29(19)20)15-3-1-2-4-17(9-15)21(23,24)25/h1,3-10,12-13,27H,2,11H2. The maximum atomic E-state index is 13.3. The Morgan fingerprint density at radius 2 is 2.00 bits per heavy atom. The number of alkyl halides is 3. The minimum absolute atomic E-state index is 0.235. The van der Waals surface area contributed by atoms with Crippen molar-refractivity contribution < 1.29 is 13.2 Å². The molecule has 1 aliphatic carbocycles. The van der Waals surface area contributed by atoms with Crippen LogP contribution in [0, 0.1) is 0 Å². The Morgan fingerprint density at radius 3 is 2.76 bits per heavy atom. The normalized spacial score (nSPS) is 14.5. The second-order valence-electron chi connectivity index (χ2n) is 6.52. The Balaban J connectivity index is 1.76. The Hall–Kier alpha value is -2.87. The van der Waals surface area contributed by atoms with E-state index in [0.29, 0.717) is 27.9 Å². The third-order valence-electron chi connectivity index (χ3n) is 4.54. The van der Waals surface area contributed by atoms with Gasteiger partial charge in [-0.1, -0.05) is 18.2 Å². The van der Waals surface area contributed by atoms with Gasteiger partial charge in [-0.15, -0.1) is 0 Å². The molecule has 4 rings (SSSR count). The van der Waals surface area contributed by atoms with Crippen molar-refractivity contribution in [2.45, 2.75) is 19.1 Å². The first-order valence-corrected chi connectivity index (χ1v) is 9.66. The summed E-state index contributed by atoms with van der Waals surface area (Å²) in [5, 5.41) is 3.33. The highest BCUT2D eigenvalue weighted by Crippen LogP contribution is 2.33. The minimum atomic E-state index is -4.39. The van der Waals surface area contributed by atoms with Crippen LogP contribution in [0.1, 0.15) is 17.5 Å². The zero-order valence-corrected chi connectivity index (χ0v) is 16.7. The zero-order chi connectivity index (χ0) is 20.4. The molecule has 148 valence electrons. The van der Waals surface area contributed by atoms with Crippen LogP contribution in [0.4, 0.5) is 18.9 Å². The Morgan fingerprint density at radius 1 is 1.21 bits per heavy atom. The number of nitrogens with zero attached hydrogens (tertiary/aromatic N) is 3. The van der Waals surface area contributed by atoms with E-state index in [9.17, 15) is 13.2 Å². The van der Waals surface area contributed by atoms with Crippen molar-refractivity contribution in [1.82, 2.24) is 14.4 Å². The third-order valence-corrected chi connectivity index (χ3v) is 5.12. The van der Waals surface area contributed by atoms with Crippen LogP contribution in [-0.2, 0) is 6.54 Å². The molecule has 4 nitrogen and oxygen atoms in total. The molecule has 3 aromatic rings. The van der Waals surface area contributed by atoms with Crippen molar-refractivity contribution in [3.8, 4) is 0 Å². The lowest BCUT2D eigenvalue weighted by Crippen LogP contribution is -2.10. The molecule has 1 N–H and O–H groups in total. The molecule has 8 heteroatoms. The average molecular weight is 461 g/mol. The molecule has 0 atom stereocenters. The Bertz CT molecular complexity index is 1130. The van der Waals surface area contributed by atoms with Gasteiger partial charge >= 0.3 is 6.18 Å². The number of nitrogens with one attached hydrogen (secondary N) is 1. The summed E-state index contributed by atoms with van der Waals surface area (Å²) >= 11 is 3.45. The van der Waals surface area contributed by atoms with Gasteiger partial charge in [0.1, 0.15) is 4.60 Å². The first-order chi connectivity index (χ1) is 13.9. The van der Waals surface area contributed by atoms with Gasteiger partial charge in [-0.2, -0.15) is 13.2 Å². The number of fused-ring (bicyclic) bond motifs is 1. The number of imidazole rings is 1. The molecular formula is C21H16BrF3N4. The SMILES string of the molecule is FC(F)(F)C1=CCC=CC(c2cc(NCc3ccncc3)c3ncc(Br)n3c2)=C1. The van der Waals surface area contributed by atoms with Gasteiger partial charge in [0.25, 0.3) is 0 Å². The van der Waals surface area contributed by atoms with E-state index in [4.69, 9.17) is 0 Å². The zero-order valence-electron chi connectivity index (χ0n) is 15.1. The number of hydrogen-bond donors (Lipinski definition) is 1. The first kappa shape index (κ1) is 19.4. The molecule has 3 aromatic heterocycles. The van der Waals surface area contributed by atoms with Gasteiger partial charge in [0, 0.05) is 30.7 Å². The summed E-state index contributed by atoms with van der Waals surface area (Å²) in [6.45, 7) is 0.536. The summed E-state index contributed by atoms with van der Waals surface area (Å²) in [5.74, 6) is 0. The van der Waals surface area contributed by atoms with Gasteiger partial charge in [-0.25, -0.2) is 4.98 Å². The van der Waals surface area contributed by atoms with Crippen LogP contribution in [-0.4, -0.2) is 20.5 Å². The number of aromatic nitrogens is 3. The second-order valence-corrected chi connectivity index (χ2v) is 7.33. The monoisotopic (exact) mass is 460 g/mol. The van der Waals surface area contributed by atoms with Crippen molar-refractivity contribution in [1.29, 1.82) is 0 Å². The smallest absolute Gasteiger partial charge is 0.378 e. The van der Waals surface area contributed by atoms with Gasteiger partial charge in [0.2, 0.25) is 0 Å². The highest BCUT2D eigenvalue weighted by Gasteiger charge is 2.32. The van der Waals surface area contributed by atoms with E-state index in [2.05, 4.69) is 31.2 Å². The molecule has 0 saturated heterocycles. The fourth-order valence-electron chi connectivity index (χ4n) is 3.09. The maximum Gasteiger partial charge on any atom is 0.416 e. The van der Waals surface area contributed by atoms with Crippen LogP contribution >= 0.6 is 15.9 Å². The summed E-state index contributed by atoms with van der Waals surface area (Å²) in [6.07, 6.45) is 8.52. The molecule has 0 radical (unpaired) electrons. The Kier molecular flexibility index (Phi) is 5.27. The molecule has 29 heavy (non-hydrogen) atoms. The molecule has 0 aromatic carbocycles. The molecule has 0 spiro atoms. The van der Waals surface area contributed by atoms with E-state index in [-0.39, 0.29) is 6.42 Å². The minimum Gasteiger partial charge on any atom is -0.378 e. The topological polar surface area (TPSA) is 42.2 Å². The quantitative estimate of drug-likeness (QED) is 0.524. The molecule has 0 saturated carbocycles. The van der Waals surface area contributed by atoms with E-state index in [1.807, 2.05) is 18.2 Å². The average Bonchev–Trinajstić information content (AvgIpc) is 2.92. The van der Waals surface area contributed by atoms with E-state index in [0.717, 1.165) is 11.3 Å². The fourth-order valence-corrected chi connectivity index (χ4v) is 3.46. The molecule has 0 amide bonds. The number of halogens is 4. The van der Waals surface area contributed by atoms with Crippen molar-refractivity contribution in [2.24, 2.45) is 0 Å². The lowest BCUT2D eigenvalue weighted by Gasteiger charge is -2.13. The maximum absolute atomic E-state index is 13.3. The van der Waals surface area contributed by atoms with Crippen molar-refractivity contribution in [2.75, 3.05) is 5.32 Å². The molecule has 0 fully saturated rings. The van der Waals surface area contributed by atoms with Crippen LogP contribution in [0.5, 0.6) is 0 Å². The van der Waals surface area contributed by atoms with E-state index < -0.39 is 11.7 Å². The van der Waals surface area contributed by atoms with Crippen LogP contribution in [0.25, 0.3) is 11.2 Å². The van der Waals surface area contributed by atoms with Crippen LogP contribution in [0.15, 0.2) is 77.5 Å². The number of allylic oxidation sites excluding steroid dienone is 6. The second kappa shape index (κ2) is 7.87. The van der Waals surface area contributed by atoms with Crippen LogP contribution in [0.3, 0.4) is 0 Å². The highest BCUT2D eigenvalue weighted by atomic mass is 79.9. The van der Waals surface area contributed by atoms with Crippen molar-refractivity contribution in [3.63, 3.8) is 0 Å². The Labute approximate surface area is 173 Å². The van der Waals surface area contributed by atoms with Crippen molar-refractivity contribution in [3.05, 3.63) is 88.6 Å². The first-order valence-electron chi connectivity index (χ1n) is 8.87. The largest absolute Gasteiger partial charge is 0.416 e. The van der Waals surface area contributed by atoms with E-state index >= 15 is 0 Å². The number of rotatable bonds is 4. The summed E-state index contributed by atoms with van der Waals surface area (Å²) in [7, 11) is 0. The molecule has 0 aliphatic heterocycles. The highest BCUT2D eigenvalue weighted by molar-refractivity contribution is 9.10. The summed E-state index contributed by atoms with van der Waals surface area (Å²) in [4.78, 5) is 8.40. The summed E-state index contributed by atoms with van der Waals surface area (Å²) in [5.41, 5.74) is 2.93. The predicted octanol–water partition coefficient (Wildman–Crippen LogP) is 5.94. The number of anilines is 1. The van der Waals surface area contributed by atoms with Crippen LogP contribution in [0.2, 0.25) is 0 Å². The summed E-state index contributed by atoms with van der Waals surface area (Å²) in [6, 6.07) is 5.62. The van der Waals surface area contributed by atoms with Gasteiger partial charge in [-0.05, 0) is 57.8 Å². The summed E-state index contributed by atoms with van der Waals surface area (Å²) < 4.78 is 42.4. The molecular weight excluding hydrogens is 445 g/mol. The van der Waals surface area contributed by atoms with E-state index in [1.165, 1.54) is 12.2 Å². The number of hydrogen-bond acceptors (Lipinski definition) is 3.